The van der Waals surface area contributed by atoms with E-state index in [1.165, 1.54) is 12.3 Å². The molecule has 2 rings (SSSR count). The number of nitrogens with two attached hydrogens (primary N) is 1. The molecular formula is C12H20N4O2S. The Labute approximate surface area is 114 Å². The Kier molecular flexibility index (Phi) is 4.38. The summed E-state index contributed by atoms with van der Waals surface area (Å²) < 4.78 is 26.9. The van der Waals surface area contributed by atoms with Gasteiger partial charge in [0.2, 0.25) is 10.0 Å². The molecule has 7 heteroatoms. The van der Waals surface area contributed by atoms with Crippen LogP contribution in [0.3, 0.4) is 0 Å². The van der Waals surface area contributed by atoms with Gasteiger partial charge >= 0.3 is 0 Å². The molecule has 0 radical (unpaired) electrons. The summed E-state index contributed by atoms with van der Waals surface area (Å²) in [5.74, 6) is 0.0359. The fraction of sp³-hybridized carbons (Fsp3) is 0.583. The third-order valence-electron chi connectivity index (χ3n) is 3.50. The first-order valence-corrected chi connectivity index (χ1v) is 7.97. The molecule has 6 nitrogen and oxygen atoms in total. The van der Waals surface area contributed by atoms with Crippen molar-refractivity contribution in [1.29, 1.82) is 0 Å². The lowest BCUT2D eigenvalue weighted by atomic mass is 10.2. The highest BCUT2D eigenvalue weighted by molar-refractivity contribution is 7.89. The van der Waals surface area contributed by atoms with Crippen LogP contribution in [0.15, 0.2) is 23.2 Å². The normalized spacial score (nSPS) is 20.8. The number of hydrogen-bond acceptors (Lipinski definition) is 5. The minimum Gasteiger partial charge on any atom is -0.383 e. The molecule has 1 aromatic heterocycles. The van der Waals surface area contributed by atoms with Gasteiger partial charge in [-0.25, -0.2) is 18.1 Å². The Hall–Kier alpha value is -1.18. The van der Waals surface area contributed by atoms with Crippen LogP contribution in [0.4, 0.5) is 5.82 Å². The van der Waals surface area contributed by atoms with Crippen LogP contribution in [-0.2, 0) is 10.0 Å². The Balaban J connectivity index is 2.04. The summed E-state index contributed by atoms with van der Waals surface area (Å²) in [6.45, 7) is 4.50. The van der Waals surface area contributed by atoms with Crippen LogP contribution in [0.2, 0.25) is 0 Å². The molecule has 1 fully saturated rings. The van der Waals surface area contributed by atoms with Crippen molar-refractivity contribution in [3.8, 4) is 0 Å². The molecule has 1 saturated heterocycles. The molecule has 0 aromatic carbocycles. The molecule has 0 bridgehead atoms. The van der Waals surface area contributed by atoms with Crippen molar-refractivity contribution in [2.75, 3.05) is 25.4 Å². The minimum atomic E-state index is -3.57. The lowest BCUT2D eigenvalue weighted by Gasteiger charge is -2.22. The van der Waals surface area contributed by atoms with E-state index in [4.69, 9.17) is 5.73 Å². The second kappa shape index (κ2) is 5.85. The van der Waals surface area contributed by atoms with Gasteiger partial charge in [0.05, 0.1) is 0 Å². The summed E-state index contributed by atoms with van der Waals surface area (Å²) in [4.78, 5) is 6.14. The van der Waals surface area contributed by atoms with Crippen LogP contribution in [-0.4, -0.2) is 44.0 Å². The number of nitrogens with one attached hydrogen (secondary N) is 1. The number of sulfonamides is 1. The molecule has 0 spiro atoms. The molecule has 0 aliphatic carbocycles. The van der Waals surface area contributed by atoms with E-state index in [1.807, 2.05) is 0 Å². The van der Waals surface area contributed by atoms with Gasteiger partial charge < -0.3 is 5.73 Å². The Bertz CT molecular complexity index is 532. The van der Waals surface area contributed by atoms with Crippen molar-refractivity contribution in [1.82, 2.24) is 14.6 Å². The Morgan fingerprint density at radius 1 is 1.58 bits per heavy atom. The average Bonchev–Trinajstić information content (AvgIpc) is 2.84. The first-order valence-electron chi connectivity index (χ1n) is 6.49. The van der Waals surface area contributed by atoms with Crippen LogP contribution < -0.4 is 10.5 Å². The van der Waals surface area contributed by atoms with E-state index < -0.39 is 10.0 Å². The smallest absolute Gasteiger partial charge is 0.244 e. The molecule has 1 aliphatic rings. The number of anilines is 1. The van der Waals surface area contributed by atoms with Gasteiger partial charge in [0, 0.05) is 18.8 Å². The van der Waals surface area contributed by atoms with Gasteiger partial charge in [-0.15, -0.1) is 0 Å². The van der Waals surface area contributed by atoms with Crippen LogP contribution in [0.5, 0.6) is 0 Å². The van der Waals surface area contributed by atoms with E-state index >= 15 is 0 Å². The van der Waals surface area contributed by atoms with Gasteiger partial charge in [0.15, 0.2) is 0 Å². The molecule has 0 saturated carbocycles. The maximum atomic E-state index is 12.2. The van der Waals surface area contributed by atoms with Crippen molar-refractivity contribution in [3.63, 3.8) is 0 Å². The van der Waals surface area contributed by atoms with E-state index in [1.54, 1.807) is 6.07 Å². The molecule has 1 aliphatic heterocycles. The monoisotopic (exact) mass is 284 g/mol. The highest BCUT2D eigenvalue weighted by atomic mass is 32.2. The molecule has 19 heavy (non-hydrogen) atoms. The lowest BCUT2D eigenvalue weighted by molar-refractivity contribution is 0.268. The summed E-state index contributed by atoms with van der Waals surface area (Å²) in [6.07, 6.45) is 3.62. The molecule has 1 unspecified atom stereocenters. The second-order valence-electron chi connectivity index (χ2n) is 4.66. The largest absolute Gasteiger partial charge is 0.383 e. The van der Waals surface area contributed by atoms with Crippen molar-refractivity contribution < 1.29 is 8.42 Å². The first kappa shape index (κ1) is 14.2. The summed E-state index contributed by atoms with van der Waals surface area (Å²) in [6, 6.07) is 3.31. The van der Waals surface area contributed by atoms with Gasteiger partial charge in [-0.1, -0.05) is 6.92 Å². The molecule has 0 amide bonds. The van der Waals surface area contributed by atoms with Gasteiger partial charge in [-0.05, 0) is 38.1 Å². The number of hydrogen-bond donors (Lipinski definition) is 2. The van der Waals surface area contributed by atoms with Crippen LogP contribution in [0.25, 0.3) is 0 Å². The van der Waals surface area contributed by atoms with E-state index in [0.717, 1.165) is 25.9 Å². The number of nitrogen functional groups attached to an aromatic ring is 1. The average molecular weight is 284 g/mol. The van der Waals surface area contributed by atoms with Crippen LogP contribution in [0, 0.1) is 0 Å². The summed E-state index contributed by atoms with van der Waals surface area (Å²) in [7, 11) is -3.57. The Morgan fingerprint density at radius 3 is 3.05 bits per heavy atom. The van der Waals surface area contributed by atoms with Crippen LogP contribution in [0.1, 0.15) is 19.8 Å². The van der Waals surface area contributed by atoms with Crippen molar-refractivity contribution >= 4 is 15.8 Å². The zero-order valence-corrected chi connectivity index (χ0v) is 11.9. The number of aromatic nitrogens is 1. The molecule has 1 aromatic rings. The predicted octanol–water partition coefficient (Wildman–Crippen LogP) is 0.426. The first-order chi connectivity index (χ1) is 9.04. The fourth-order valence-corrected chi connectivity index (χ4v) is 3.61. The topological polar surface area (TPSA) is 88.3 Å². The number of nitrogens with zero attached hydrogens (tertiary/aromatic N) is 2. The highest BCUT2D eigenvalue weighted by Crippen LogP contribution is 2.18. The molecule has 3 N–H and O–H groups in total. The zero-order chi connectivity index (χ0) is 13.9. The maximum absolute atomic E-state index is 12.2. The van der Waals surface area contributed by atoms with E-state index in [-0.39, 0.29) is 16.8 Å². The van der Waals surface area contributed by atoms with E-state index in [9.17, 15) is 8.42 Å². The zero-order valence-electron chi connectivity index (χ0n) is 11.0. The van der Waals surface area contributed by atoms with Crippen molar-refractivity contribution in [2.45, 2.75) is 30.7 Å². The molecule has 1 atom stereocenters. The van der Waals surface area contributed by atoms with Gasteiger partial charge in [-0.2, -0.15) is 0 Å². The third-order valence-corrected chi connectivity index (χ3v) is 4.97. The number of likely N-dealkylation sites (N-methyl/N-ethyl adjacent to an activating group) is 1. The quantitative estimate of drug-likeness (QED) is 0.818. The standard InChI is InChI=1S/C12H20N4O2S/c1-2-16-8-4-5-10(16)9-15-19(17,18)11-6-3-7-14-12(11)13/h3,6-7,10,15H,2,4-5,8-9H2,1H3,(H2,13,14). The third kappa shape index (κ3) is 3.23. The lowest BCUT2D eigenvalue weighted by Crippen LogP contribution is -2.40. The summed E-state index contributed by atoms with van der Waals surface area (Å²) >= 11 is 0. The molecule has 106 valence electrons. The summed E-state index contributed by atoms with van der Waals surface area (Å²) in [5.41, 5.74) is 5.60. The highest BCUT2D eigenvalue weighted by Gasteiger charge is 2.25. The number of pyridine rings is 1. The molecule has 2 heterocycles. The van der Waals surface area contributed by atoms with Crippen LogP contribution >= 0.6 is 0 Å². The van der Waals surface area contributed by atoms with Gasteiger partial charge in [-0.3, -0.25) is 4.90 Å². The predicted molar refractivity (Wildman–Crippen MR) is 74.1 cm³/mol. The SMILES string of the molecule is CCN1CCCC1CNS(=O)(=O)c1cccnc1N. The Morgan fingerprint density at radius 2 is 2.37 bits per heavy atom. The fourth-order valence-electron chi connectivity index (χ4n) is 2.46. The maximum Gasteiger partial charge on any atom is 0.244 e. The van der Waals surface area contributed by atoms with Gasteiger partial charge in [0.25, 0.3) is 0 Å². The summed E-state index contributed by atoms with van der Waals surface area (Å²) in [5, 5.41) is 0. The van der Waals surface area contributed by atoms with Crippen molar-refractivity contribution in [2.24, 2.45) is 0 Å². The van der Waals surface area contributed by atoms with Gasteiger partial charge in [0.1, 0.15) is 10.7 Å². The van der Waals surface area contributed by atoms with Crippen molar-refractivity contribution in [3.05, 3.63) is 18.3 Å². The number of rotatable bonds is 5. The second-order valence-corrected chi connectivity index (χ2v) is 6.40. The van der Waals surface area contributed by atoms with E-state index in [0.29, 0.717) is 6.54 Å². The molecular weight excluding hydrogens is 264 g/mol. The number of likely N-dealkylation sites (tertiary alicyclic amines) is 1. The van der Waals surface area contributed by atoms with E-state index in [2.05, 4.69) is 21.5 Å². The minimum absolute atomic E-state index is 0.0359.